The van der Waals surface area contributed by atoms with E-state index in [-0.39, 0.29) is 5.84 Å². The lowest BCUT2D eigenvalue weighted by molar-refractivity contribution is 0.222. The number of hydrogen-bond acceptors (Lipinski definition) is 3. The summed E-state index contributed by atoms with van der Waals surface area (Å²) in [7, 11) is 2.06. The van der Waals surface area contributed by atoms with Crippen molar-refractivity contribution < 1.29 is 5.21 Å². The Morgan fingerprint density at radius 2 is 2.00 bits per heavy atom. The number of nitrogens with two attached hydrogens (primary N) is 1. The van der Waals surface area contributed by atoms with Gasteiger partial charge in [-0.3, -0.25) is 0 Å². The number of anilines is 1. The Bertz CT molecular complexity index is 532. The van der Waals surface area contributed by atoms with E-state index in [4.69, 9.17) is 22.5 Å². The molecular formula is C16H24ClN3O. The van der Waals surface area contributed by atoms with Crippen LogP contribution in [-0.4, -0.2) is 24.1 Å². The van der Waals surface area contributed by atoms with Gasteiger partial charge < -0.3 is 15.8 Å². The third kappa shape index (κ3) is 3.62. The molecule has 0 bridgehead atoms. The lowest BCUT2D eigenvalue weighted by Gasteiger charge is -2.40. The zero-order valence-electron chi connectivity index (χ0n) is 12.9. The second kappa shape index (κ2) is 6.14. The standard InChI is InChI=1S/C16H24ClN3O/c1-16(2)8-6-12(7-9-16)20(3)14-10-11(17)4-5-13(14)15(18)19-21/h4-5,10,12,21H,6-9H2,1-3H3,(H2,18,19). The van der Waals surface area contributed by atoms with Gasteiger partial charge in [0.1, 0.15) is 0 Å². The Kier molecular flexibility index (Phi) is 4.67. The molecule has 0 radical (unpaired) electrons. The highest BCUT2D eigenvalue weighted by Gasteiger charge is 2.29. The third-order valence-corrected chi connectivity index (χ3v) is 4.81. The van der Waals surface area contributed by atoms with E-state index in [0.717, 1.165) is 18.5 Å². The van der Waals surface area contributed by atoms with Crippen molar-refractivity contribution in [2.24, 2.45) is 16.3 Å². The number of benzene rings is 1. The minimum absolute atomic E-state index is 0.115. The van der Waals surface area contributed by atoms with Crippen LogP contribution in [0.4, 0.5) is 5.69 Å². The molecule has 1 saturated carbocycles. The smallest absolute Gasteiger partial charge is 0.172 e. The molecule has 0 heterocycles. The molecule has 3 N–H and O–H groups in total. The molecule has 0 aromatic heterocycles. The van der Waals surface area contributed by atoms with Crippen molar-refractivity contribution in [3.05, 3.63) is 28.8 Å². The monoisotopic (exact) mass is 309 g/mol. The van der Waals surface area contributed by atoms with Gasteiger partial charge in [0.15, 0.2) is 5.84 Å². The Morgan fingerprint density at radius 1 is 1.38 bits per heavy atom. The van der Waals surface area contributed by atoms with Crippen molar-refractivity contribution in [1.82, 2.24) is 0 Å². The summed E-state index contributed by atoms with van der Waals surface area (Å²) in [5, 5.41) is 12.7. The van der Waals surface area contributed by atoms with Crippen molar-refractivity contribution in [1.29, 1.82) is 0 Å². The van der Waals surface area contributed by atoms with Crippen LogP contribution in [0.15, 0.2) is 23.4 Å². The Labute approximate surface area is 131 Å². The van der Waals surface area contributed by atoms with Gasteiger partial charge >= 0.3 is 0 Å². The molecule has 1 fully saturated rings. The molecule has 0 atom stereocenters. The maximum absolute atomic E-state index is 8.95. The Balaban J connectivity index is 2.27. The van der Waals surface area contributed by atoms with Gasteiger partial charge in [0.05, 0.1) is 0 Å². The summed E-state index contributed by atoms with van der Waals surface area (Å²) in [6.45, 7) is 4.65. The minimum atomic E-state index is 0.115. The first-order valence-electron chi connectivity index (χ1n) is 7.34. The highest BCUT2D eigenvalue weighted by molar-refractivity contribution is 6.31. The highest BCUT2D eigenvalue weighted by atomic mass is 35.5. The largest absolute Gasteiger partial charge is 0.409 e. The van der Waals surface area contributed by atoms with Gasteiger partial charge in [0.2, 0.25) is 0 Å². The fourth-order valence-corrected chi connectivity index (χ4v) is 3.20. The summed E-state index contributed by atoms with van der Waals surface area (Å²) in [6.07, 6.45) is 4.71. The molecule has 1 aliphatic carbocycles. The Morgan fingerprint density at radius 3 is 2.57 bits per heavy atom. The molecule has 0 spiro atoms. The molecule has 2 rings (SSSR count). The maximum atomic E-state index is 8.95. The summed E-state index contributed by atoms with van der Waals surface area (Å²) in [4.78, 5) is 2.22. The highest BCUT2D eigenvalue weighted by Crippen LogP contribution is 2.38. The minimum Gasteiger partial charge on any atom is -0.409 e. The molecule has 0 unspecified atom stereocenters. The molecule has 1 aromatic rings. The molecule has 0 amide bonds. The van der Waals surface area contributed by atoms with Crippen LogP contribution in [-0.2, 0) is 0 Å². The molecule has 4 nitrogen and oxygen atoms in total. The SMILES string of the molecule is CN(c1cc(Cl)ccc1/C(N)=N/O)C1CCC(C)(C)CC1. The van der Waals surface area contributed by atoms with Gasteiger partial charge in [-0.25, -0.2) is 0 Å². The average Bonchev–Trinajstić information content (AvgIpc) is 2.45. The van der Waals surface area contributed by atoms with E-state index in [1.165, 1.54) is 12.8 Å². The molecule has 0 saturated heterocycles. The van der Waals surface area contributed by atoms with E-state index >= 15 is 0 Å². The van der Waals surface area contributed by atoms with Gasteiger partial charge in [-0.15, -0.1) is 0 Å². The zero-order chi connectivity index (χ0) is 15.6. The van der Waals surface area contributed by atoms with Crippen LogP contribution in [0.25, 0.3) is 0 Å². The normalized spacial score (nSPS) is 19.5. The fraction of sp³-hybridized carbons (Fsp3) is 0.562. The van der Waals surface area contributed by atoms with Gasteiger partial charge in [0, 0.05) is 29.4 Å². The van der Waals surface area contributed by atoms with Crippen LogP contribution in [0, 0.1) is 5.41 Å². The number of oxime groups is 1. The zero-order valence-corrected chi connectivity index (χ0v) is 13.7. The van der Waals surface area contributed by atoms with Crippen molar-refractivity contribution in [3.63, 3.8) is 0 Å². The lowest BCUT2D eigenvalue weighted by atomic mass is 9.75. The van der Waals surface area contributed by atoms with Crippen LogP contribution >= 0.6 is 11.6 Å². The van der Waals surface area contributed by atoms with Crippen LogP contribution in [0.3, 0.4) is 0 Å². The van der Waals surface area contributed by atoms with E-state index in [1.807, 2.05) is 6.07 Å². The van der Waals surface area contributed by atoms with E-state index in [2.05, 4.69) is 31.0 Å². The quantitative estimate of drug-likeness (QED) is 0.386. The number of halogens is 1. The average molecular weight is 310 g/mol. The van der Waals surface area contributed by atoms with E-state index < -0.39 is 0 Å². The summed E-state index contributed by atoms with van der Waals surface area (Å²) >= 11 is 6.12. The topological polar surface area (TPSA) is 61.8 Å². The molecule has 1 aliphatic rings. The first kappa shape index (κ1) is 16.0. The first-order chi connectivity index (χ1) is 9.84. The predicted octanol–water partition coefficient (Wildman–Crippen LogP) is 3.84. The van der Waals surface area contributed by atoms with Crippen molar-refractivity contribution >= 4 is 23.1 Å². The summed E-state index contributed by atoms with van der Waals surface area (Å²) in [5.74, 6) is 0.115. The van der Waals surface area contributed by atoms with Gasteiger partial charge in [-0.2, -0.15) is 0 Å². The molecule has 21 heavy (non-hydrogen) atoms. The fourth-order valence-electron chi connectivity index (χ4n) is 3.04. The molecule has 1 aromatic carbocycles. The van der Waals surface area contributed by atoms with Crippen molar-refractivity contribution in [2.45, 2.75) is 45.6 Å². The van der Waals surface area contributed by atoms with Crippen LogP contribution in [0.5, 0.6) is 0 Å². The molecule has 116 valence electrons. The molecular weight excluding hydrogens is 286 g/mol. The van der Waals surface area contributed by atoms with Crippen LogP contribution in [0.1, 0.15) is 45.1 Å². The number of amidine groups is 1. The maximum Gasteiger partial charge on any atom is 0.172 e. The first-order valence-corrected chi connectivity index (χ1v) is 7.72. The van der Waals surface area contributed by atoms with Gasteiger partial charge in [-0.05, 0) is 49.3 Å². The summed E-state index contributed by atoms with van der Waals surface area (Å²) < 4.78 is 0. The van der Waals surface area contributed by atoms with E-state index in [9.17, 15) is 0 Å². The molecule has 5 heteroatoms. The second-order valence-corrected chi connectivity index (χ2v) is 7.09. The van der Waals surface area contributed by atoms with Crippen molar-refractivity contribution in [2.75, 3.05) is 11.9 Å². The van der Waals surface area contributed by atoms with Gasteiger partial charge in [0.25, 0.3) is 0 Å². The number of rotatable bonds is 3. The number of hydrogen-bond donors (Lipinski definition) is 2. The van der Waals surface area contributed by atoms with E-state index in [0.29, 0.717) is 22.0 Å². The van der Waals surface area contributed by atoms with E-state index in [1.54, 1.807) is 12.1 Å². The third-order valence-electron chi connectivity index (χ3n) is 4.58. The number of nitrogens with zero attached hydrogens (tertiary/aromatic N) is 2. The van der Waals surface area contributed by atoms with Gasteiger partial charge in [-0.1, -0.05) is 30.6 Å². The summed E-state index contributed by atoms with van der Waals surface area (Å²) in [5.41, 5.74) is 7.85. The van der Waals surface area contributed by atoms with Crippen molar-refractivity contribution in [3.8, 4) is 0 Å². The summed E-state index contributed by atoms with van der Waals surface area (Å²) in [6, 6.07) is 5.91. The Hall–Kier alpha value is -1.42. The lowest BCUT2D eigenvalue weighted by Crippen LogP contribution is -2.38. The molecule has 0 aliphatic heterocycles. The van der Waals surface area contributed by atoms with Crippen LogP contribution < -0.4 is 10.6 Å². The predicted molar refractivity (Wildman–Crippen MR) is 88.4 cm³/mol. The second-order valence-electron chi connectivity index (χ2n) is 6.65. The van der Waals surface area contributed by atoms with Crippen LogP contribution in [0.2, 0.25) is 5.02 Å².